The van der Waals surface area contributed by atoms with Crippen molar-refractivity contribution in [3.05, 3.63) is 48.5 Å². The fraction of sp³-hybridized carbons (Fsp3) is 0.0769. The molecule has 0 aliphatic carbocycles. The molecule has 2 aromatic rings. The van der Waals surface area contributed by atoms with E-state index in [1.54, 1.807) is 30.3 Å². The number of para-hydroxylation sites is 1. The molecule has 0 spiro atoms. The first-order valence-corrected chi connectivity index (χ1v) is 7.06. The lowest BCUT2D eigenvalue weighted by Crippen LogP contribution is -2.27. The first-order valence-electron chi connectivity index (χ1n) is 5.62. The third-order valence-electron chi connectivity index (χ3n) is 2.80. The molecule has 0 amide bonds. The highest BCUT2D eigenvalue weighted by Crippen LogP contribution is 2.27. The second-order valence-electron chi connectivity index (χ2n) is 4.11. The maximum Gasteiger partial charge on any atom is 0.266 e. The van der Waals surface area contributed by atoms with Crippen molar-refractivity contribution in [2.45, 2.75) is 4.90 Å². The summed E-state index contributed by atoms with van der Waals surface area (Å²) in [5, 5.41) is 0. The van der Waals surface area contributed by atoms with E-state index < -0.39 is 10.0 Å². The van der Waals surface area contributed by atoms with Crippen molar-refractivity contribution >= 4 is 27.1 Å². The zero-order chi connectivity index (χ0) is 14.0. The molecule has 0 aliphatic rings. The van der Waals surface area contributed by atoms with Crippen LogP contribution in [-0.4, -0.2) is 15.5 Å². The van der Waals surface area contributed by atoms with E-state index in [1.807, 2.05) is 6.07 Å². The van der Waals surface area contributed by atoms with E-state index in [2.05, 4.69) is 0 Å². The standard InChI is InChI=1S/C13H15N3O2S/c1-16(11-5-3-2-4-6-11)19(17,18)13-9-10(14)7-8-12(13)15/h2-9H,14-15H2,1H3. The van der Waals surface area contributed by atoms with Gasteiger partial charge in [0, 0.05) is 12.7 Å². The summed E-state index contributed by atoms with van der Waals surface area (Å²) in [6.07, 6.45) is 0. The summed E-state index contributed by atoms with van der Waals surface area (Å²) in [5.41, 5.74) is 12.4. The molecule has 4 N–H and O–H groups in total. The molecule has 0 heterocycles. The minimum absolute atomic E-state index is 0.0128. The Kier molecular flexibility index (Phi) is 3.35. The van der Waals surface area contributed by atoms with Crippen LogP contribution >= 0.6 is 0 Å². The molecule has 5 nitrogen and oxygen atoms in total. The Morgan fingerprint density at radius 1 is 1.00 bits per heavy atom. The van der Waals surface area contributed by atoms with Gasteiger partial charge in [-0.3, -0.25) is 4.31 Å². The van der Waals surface area contributed by atoms with Gasteiger partial charge in [0.25, 0.3) is 10.0 Å². The van der Waals surface area contributed by atoms with Gasteiger partial charge in [0.2, 0.25) is 0 Å². The maximum atomic E-state index is 12.5. The fourth-order valence-electron chi connectivity index (χ4n) is 1.70. The summed E-state index contributed by atoms with van der Waals surface area (Å²) >= 11 is 0. The van der Waals surface area contributed by atoms with Crippen LogP contribution in [0.1, 0.15) is 0 Å². The minimum Gasteiger partial charge on any atom is -0.399 e. The van der Waals surface area contributed by atoms with E-state index in [0.29, 0.717) is 11.4 Å². The molecule has 0 aliphatic heterocycles. The molecule has 2 aromatic carbocycles. The van der Waals surface area contributed by atoms with Gasteiger partial charge in [0.05, 0.1) is 11.4 Å². The molecular weight excluding hydrogens is 262 g/mol. The molecule has 0 radical (unpaired) electrons. The molecule has 0 saturated carbocycles. The van der Waals surface area contributed by atoms with Crippen molar-refractivity contribution in [3.8, 4) is 0 Å². The van der Waals surface area contributed by atoms with E-state index in [4.69, 9.17) is 11.5 Å². The molecule has 0 bridgehead atoms. The van der Waals surface area contributed by atoms with Crippen LogP contribution in [-0.2, 0) is 10.0 Å². The number of anilines is 3. The lowest BCUT2D eigenvalue weighted by Gasteiger charge is -2.20. The van der Waals surface area contributed by atoms with Gasteiger partial charge in [-0.15, -0.1) is 0 Å². The number of rotatable bonds is 3. The average molecular weight is 277 g/mol. The van der Waals surface area contributed by atoms with E-state index in [1.165, 1.54) is 23.5 Å². The average Bonchev–Trinajstić information content (AvgIpc) is 2.41. The lowest BCUT2D eigenvalue weighted by atomic mass is 10.3. The van der Waals surface area contributed by atoms with Crippen molar-refractivity contribution in [1.29, 1.82) is 0 Å². The predicted octanol–water partition coefficient (Wildman–Crippen LogP) is 1.68. The summed E-state index contributed by atoms with van der Waals surface area (Å²) in [6.45, 7) is 0. The van der Waals surface area contributed by atoms with Gasteiger partial charge in [-0.2, -0.15) is 0 Å². The summed E-state index contributed by atoms with van der Waals surface area (Å²) in [5.74, 6) is 0. The van der Waals surface area contributed by atoms with Gasteiger partial charge < -0.3 is 11.5 Å². The lowest BCUT2D eigenvalue weighted by molar-refractivity contribution is 0.595. The van der Waals surface area contributed by atoms with Crippen LogP contribution in [0.4, 0.5) is 17.1 Å². The maximum absolute atomic E-state index is 12.5. The Morgan fingerprint density at radius 3 is 2.26 bits per heavy atom. The van der Waals surface area contributed by atoms with Crippen LogP contribution in [0.25, 0.3) is 0 Å². The molecule has 19 heavy (non-hydrogen) atoms. The SMILES string of the molecule is CN(c1ccccc1)S(=O)(=O)c1cc(N)ccc1N. The molecule has 0 aromatic heterocycles. The van der Waals surface area contributed by atoms with Crippen molar-refractivity contribution in [2.24, 2.45) is 0 Å². The quantitative estimate of drug-likeness (QED) is 0.835. The number of nitrogen functional groups attached to an aromatic ring is 2. The predicted molar refractivity (Wildman–Crippen MR) is 77.3 cm³/mol. The number of nitrogens with zero attached hydrogens (tertiary/aromatic N) is 1. The number of nitrogens with two attached hydrogens (primary N) is 2. The van der Waals surface area contributed by atoms with Crippen molar-refractivity contribution in [3.63, 3.8) is 0 Å². The molecule has 100 valence electrons. The van der Waals surface area contributed by atoms with Gasteiger partial charge >= 0.3 is 0 Å². The van der Waals surface area contributed by atoms with Crippen LogP contribution in [0.3, 0.4) is 0 Å². The fourth-order valence-corrected chi connectivity index (χ4v) is 3.04. The largest absolute Gasteiger partial charge is 0.399 e. The van der Waals surface area contributed by atoms with Crippen molar-refractivity contribution < 1.29 is 8.42 Å². The van der Waals surface area contributed by atoms with Crippen LogP contribution in [0.15, 0.2) is 53.4 Å². The normalized spacial score (nSPS) is 11.2. The van der Waals surface area contributed by atoms with Gasteiger partial charge in [0.15, 0.2) is 0 Å². The number of benzene rings is 2. The van der Waals surface area contributed by atoms with Crippen LogP contribution in [0, 0.1) is 0 Å². The number of hydrogen-bond donors (Lipinski definition) is 2. The highest BCUT2D eigenvalue weighted by molar-refractivity contribution is 7.93. The summed E-state index contributed by atoms with van der Waals surface area (Å²) < 4.78 is 26.2. The number of sulfonamides is 1. The Hall–Kier alpha value is -2.21. The minimum atomic E-state index is -3.72. The van der Waals surface area contributed by atoms with Gasteiger partial charge in [0.1, 0.15) is 4.90 Å². The second kappa shape index (κ2) is 4.81. The summed E-state index contributed by atoms with van der Waals surface area (Å²) in [4.78, 5) is 0.0128. The summed E-state index contributed by atoms with van der Waals surface area (Å²) in [6, 6.07) is 13.2. The monoisotopic (exact) mass is 277 g/mol. The highest BCUT2D eigenvalue weighted by atomic mass is 32.2. The number of hydrogen-bond acceptors (Lipinski definition) is 4. The zero-order valence-corrected chi connectivity index (χ0v) is 11.3. The van der Waals surface area contributed by atoms with E-state index in [9.17, 15) is 8.42 Å². The topological polar surface area (TPSA) is 89.4 Å². The first-order chi connectivity index (χ1) is 8.93. The molecule has 0 fully saturated rings. The second-order valence-corrected chi connectivity index (χ2v) is 6.04. The third-order valence-corrected chi connectivity index (χ3v) is 4.64. The Balaban J connectivity index is 2.51. The van der Waals surface area contributed by atoms with Gasteiger partial charge in [-0.25, -0.2) is 8.42 Å². The van der Waals surface area contributed by atoms with Crippen molar-refractivity contribution in [1.82, 2.24) is 0 Å². The van der Waals surface area contributed by atoms with E-state index >= 15 is 0 Å². The third kappa shape index (κ3) is 2.48. The Bertz CT molecular complexity index is 684. The van der Waals surface area contributed by atoms with E-state index in [0.717, 1.165) is 0 Å². The molecular formula is C13H15N3O2S. The Morgan fingerprint density at radius 2 is 1.63 bits per heavy atom. The molecule has 6 heteroatoms. The highest BCUT2D eigenvalue weighted by Gasteiger charge is 2.23. The van der Waals surface area contributed by atoms with Crippen LogP contribution in [0.5, 0.6) is 0 Å². The zero-order valence-electron chi connectivity index (χ0n) is 10.4. The first kappa shape index (κ1) is 13.2. The molecule has 0 unspecified atom stereocenters. The Labute approximate surface area is 112 Å². The van der Waals surface area contributed by atoms with E-state index in [-0.39, 0.29) is 10.6 Å². The van der Waals surface area contributed by atoms with Gasteiger partial charge in [-0.05, 0) is 30.3 Å². The summed E-state index contributed by atoms with van der Waals surface area (Å²) in [7, 11) is -2.24. The van der Waals surface area contributed by atoms with Gasteiger partial charge in [-0.1, -0.05) is 18.2 Å². The van der Waals surface area contributed by atoms with Crippen LogP contribution in [0.2, 0.25) is 0 Å². The smallest absolute Gasteiger partial charge is 0.266 e. The van der Waals surface area contributed by atoms with Crippen LogP contribution < -0.4 is 15.8 Å². The van der Waals surface area contributed by atoms with Crippen molar-refractivity contribution in [2.75, 3.05) is 22.8 Å². The molecule has 0 saturated heterocycles. The molecule has 2 rings (SSSR count). The molecule has 0 atom stereocenters.